The van der Waals surface area contributed by atoms with Gasteiger partial charge in [0.05, 0.1) is 0 Å². The lowest BCUT2D eigenvalue weighted by Gasteiger charge is -2.22. The van der Waals surface area contributed by atoms with Gasteiger partial charge in [-0.1, -0.05) is 13.8 Å². The van der Waals surface area contributed by atoms with Gasteiger partial charge in [-0.3, -0.25) is 4.79 Å². The Morgan fingerprint density at radius 3 is 2.22 bits per heavy atom. The number of hydrogen-bond acceptors (Lipinski definition) is 3. The summed E-state index contributed by atoms with van der Waals surface area (Å²) in [4.78, 5) is 16.0. The van der Waals surface area contributed by atoms with Gasteiger partial charge < -0.3 is 15.5 Å². The summed E-state index contributed by atoms with van der Waals surface area (Å²) in [6.45, 7) is 6.80. The van der Waals surface area contributed by atoms with Gasteiger partial charge >= 0.3 is 0 Å². The third-order valence-corrected chi connectivity index (χ3v) is 3.13. The molecule has 0 aliphatic heterocycles. The zero-order valence-electron chi connectivity index (χ0n) is 12.8. The van der Waals surface area contributed by atoms with Gasteiger partial charge in [0.25, 0.3) is 0 Å². The number of carbonyl (C=O) groups is 1. The summed E-state index contributed by atoms with van der Waals surface area (Å²) in [6, 6.07) is 0. The molecule has 0 heterocycles. The topological polar surface area (TPSA) is 49.6 Å². The van der Waals surface area contributed by atoms with Crippen LogP contribution in [0.1, 0.15) is 33.1 Å². The van der Waals surface area contributed by atoms with Crippen LogP contribution in [-0.2, 0) is 4.79 Å². The van der Waals surface area contributed by atoms with E-state index in [0.717, 1.165) is 25.9 Å². The van der Waals surface area contributed by atoms with Crippen LogP contribution in [0, 0.1) is 11.8 Å². The van der Waals surface area contributed by atoms with E-state index in [0.29, 0.717) is 24.8 Å². The molecule has 0 aromatic heterocycles. The van der Waals surface area contributed by atoms with Crippen molar-refractivity contribution < 1.29 is 4.79 Å². The van der Waals surface area contributed by atoms with E-state index in [2.05, 4.69) is 32.8 Å². The van der Waals surface area contributed by atoms with Gasteiger partial charge in [0.15, 0.2) is 0 Å². The molecule has 0 fully saturated rings. The van der Waals surface area contributed by atoms with Crippen LogP contribution in [0.4, 0.5) is 0 Å². The maximum Gasteiger partial charge on any atom is 0.222 e. The number of nitrogens with zero attached hydrogens (tertiary/aromatic N) is 2. The molecule has 1 amide bonds. The van der Waals surface area contributed by atoms with Crippen LogP contribution in [0.3, 0.4) is 0 Å². The third-order valence-electron chi connectivity index (χ3n) is 3.13. The largest absolute Gasteiger partial charge is 0.346 e. The summed E-state index contributed by atoms with van der Waals surface area (Å²) < 4.78 is 0. The quantitative estimate of drug-likeness (QED) is 0.679. The molecule has 0 saturated heterocycles. The number of amides is 1. The summed E-state index contributed by atoms with van der Waals surface area (Å²) >= 11 is 0. The van der Waals surface area contributed by atoms with E-state index in [9.17, 15) is 4.79 Å². The second kappa shape index (κ2) is 9.34. The molecule has 0 aliphatic rings. The molecule has 0 aromatic rings. The molecule has 0 rings (SSSR count). The van der Waals surface area contributed by atoms with E-state index >= 15 is 0 Å². The third kappa shape index (κ3) is 8.48. The maximum absolute atomic E-state index is 12.0. The Kier molecular flexibility index (Phi) is 9.02. The highest BCUT2D eigenvalue weighted by molar-refractivity contribution is 5.76. The first-order valence-electron chi connectivity index (χ1n) is 6.95. The SMILES string of the molecule is CC(C)C[C@H](CN)CC(=O)N(C)CCCN(C)C. The molecule has 2 N–H and O–H groups in total. The zero-order valence-corrected chi connectivity index (χ0v) is 12.8. The van der Waals surface area contributed by atoms with E-state index in [1.807, 2.05) is 11.9 Å². The maximum atomic E-state index is 12.0. The lowest BCUT2D eigenvalue weighted by atomic mass is 9.94. The molecule has 4 heteroatoms. The van der Waals surface area contributed by atoms with Gasteiger partial charge in [0, 0.05) is 20.0 Å². The van der Waals surface area contributed by atoms with Crippen LogP contribution in [0.25, 0.3) is 0 Å². The summed E-state index contributed by atoms with van der Waals surface area (Å²) in [6.07, 6.45) is 2.65. The average molecular weight is 257 g/mol. The normalized spacial score (nSPS) is 13.1. The molecule has 0 unspecified atom stereocenters. The van der Waals surface area contributed by atoms with Crippen molar-refractivity contribution in [2.24, 2.45) is 17.6 Å². The monoisotopic (exact) mass is 257 g/mol. The van der Waals surface area contributed by atoms with Crippen molar-refractivity contribution in [3.8, 4) is 0 Å². The van der Waals surface area contributed by atoms with Crippen LogP contribution < -0.4 is 5.73 Å². The molecule has 108 valence electrons. The van der Waals surface area contributed by atoms with Crippen molar-refractivity contribution in [3.05, 3.63) is 0 Å². The molecule has 0 spiro atoms. The van der Waals surface area contributed by atoms with Gasteiger partial charge in [-0.05, 0) is 51.9 Å². The fourth-order valence-electron chi connectivity index (χ4n) is 2.08. The average Bonchev–Trinajstić information content (AvgIpc) is 2.26. The van der Waals surface area contributed by atoms with E-state index in [4.69, 9.17) is 5.73 Å². The molecule has 18 heavy (non-hydrogen) atoms. The zero-order chi connectivity index (χ0) is 14.1. The highest BCUT2D eigenvalue weighted by Gasteiger charge is 2.16. The lowest BCUT2D eigenvalue weighted by Crippen LogP contribution is -2.32. The fourth-order valence-corrected chi connectivity index (χ4v) is 2.08. The summed E-state index contributed by atoms with van der Waals surface area (Å²) in [7, 11) is 5.99. The smallest absolute Gasteiger partial charge is 0.222 e. The predicted octanol–water partition coefficient (Wildman–Crippen LogP) is 1.41. The van der Waals surface area contributed by atoms with Gasteiger partial charge in [-0.2, -0.15) is 0 Å². The van der Waals surface area contributed by atoms with Crippen molar-refractivity contribution in [1.29, 1.82) is 0 Å². The Morgan fingerprint density at radius 1 is 1.17 bits per heavy atom. The second-order valence-corrected chi connectivity index (χ2v) is 5.91. The molecule has 1 atom stereocenters. The predicted molar refractivity (Wildman–Crippen MR) is 77.4 cm³/mol. The second-order valence-electron chi connectivity index (χ2n) is 5.91. The minimum absolute atomic E-state index is 0.227. The summed E-state index contributed by atoms with van der Waals surface area (Å²) in [5, 5.41) is 0. The number of carbonyl (C=O) groups excluding carboxylic acids is 1. The van der Waals surface area contributed by atoms with E-state index in [1.54, 1.807) is 0 Å². The van der Waals surface area contributed by atoms with Crippen molar-refractivity contribution >= 4 is 5.91 Å². The van der Waals surface area contributed by atoms with Crippen LogP contribution in [0.15, 0.2) is 0 Å². The summed E-state index contributed by atoms with van der Waals surface area (Å²) in [5.74, 6) is 1.16. The van der Waals surface area contributed by atoms with Crippen molar-refractivity contribution in [3.63, 3.8) is 0 Å². The standard InChI is InChI=1S/C14H31N3O/c1-12(2)9-13(11-15)10-14(18)17(5)8-6-7-16(3)4/h12-13H,6-11,15H2,1-5H3/t13-/m0/s1. The highest BCUT2D eigenvalue weighted by atomic mass is 16.2. The van der Waals surface area contributed by atoms with Crippen molar-refractivity contribution in [1.82, 2.24) is 9.80 Å². The first-order chi connectivity index (χ1) is 8.36. The molecule has 4 nitrogen and oxygen atoms in total. The van der Waals surface area contributed by atoms with Gasteiger partial charge in [0.1, 0.15) is 0 Å². The molecule has 0 aliphatic carbocycles. The van der Waals surface area contributed by atoms with Crippen molar-refractivity contribution in [2.45, 2.75) is 33.1 Å². The van der Waals surface area contributed by atoms with Crippen LogP contribution in [-0.4, -0.2) is 56.5 Å². The van der Waals surface area contributed by atoms with Crippen LogP contribution in [0.2, 0.25) is 0 Å². The molecular formula is C14H31N3O. The Hall–Kier alpha value is -0.610. The highest BCUT2D eigenvalue weighted by Crippen LogP contribution is 2.15. The minimum Gasteiger partial charge on any atom is -0.346 e. The number of rotatable bonds is 9. The number of nitrogens with two attached hydrogens (primary N) is 1. The lowest BCUT2D eigenvalue weighted by molar-refractivity contribution is -0.131. The van der Waals surface area contributed by atoms with E-state index < -0.39 is 0 Å². The Balaban J connectivity index is 3.97. The van der Waals surface area contributed by atoms with E-state index in [1.165, 1.54) is 0 Å². The number of hydrogen-bond donors (Lipinski definition) is 1. The Morgan fingerprint density at radius 2 is 1.78 bits per heavy atom. The van der Waals surface area contributed by atoms with Gasteiger partial charge in [-0.25, -0.2) is 0 Å². The molecule has 0 radical (unpaired) electrons. The van der Waals surface area contributed by atoms with Crippen LogP contribution in [0.5, 0.6) is 0 Å². The van der Waals surface area contributed by atoms with Gasteiger partial charge in [0.2, 0.25) is 5.91 Å². The fraction of sp³-hybridized carbons (Fsp3) is 0.929. The molecule has 0 aromatic carbocycles. The molecule has 0 saturated carbocycles. The van der Waals surface area contributed by atoms with Gasteiger partial charge in [-0.15, -0.1) is 0 Å². The Labute approximate surface area is 113 Å². The van der Waals surface area contributed by atoms with Crippen molar-refractivity contribution in [2.75, 3.05) is 40.8 Å². The molecular weight excluding hydrogens is 226 g/mol. The van der Waals surface area contributed by atoms with E-state index in [-0.39, 0.29) is 5.91 Å². The minimum atomic E-state index is 0.227. The first-order valence-corrected chi connectivity index (χ1v) is 6.95. The Bertz CT molecular complexity index is 229. The first kappa shape index (κ1) is 17.4. The summed E-state index contributed by atoms with van der Waals surface area (Å²) in [5.41, 5.74) is 5.73. The molecule has 0 bridgehead atoms. The van der Waals surface area contributed by atoms with Crippen LogP contribution >= 0.6 is 0 Å².